The van der Waals surface area contributed by atoms with Gasteiger partial charge < -0.3 is 29.4 Å². The molecule has 2 aromatic heterocycles. The maximum atomic E-state index is 11.9. The molecule has 0 saturated carbocycles. The Morgan fingerprint density at radius 2 is 1.90 bits per heavy atom. The molecule has 2 aromatic carbocycles. The Morgan fingerprint density at radius 3 is 2.58 bits per heavy atom. The summed E-state index contributed by atoms with van der Waals surface area (Å²) < 4.78 is 17.2. The lowest BCUT2D eigenvalue weighted by atomic mass is 10.0. The first-order valence-electron chi connectivity index (χ1n) is 12.2. The average molecular weight is 560 g/mol. The number of amides is 1. The highest BCUT2D eigenvalue weighted by molar-refractivity contribution is 7.80. The van der Waals surface area contributed by atoms with Crippen LogP contribution in [0.25, 0.3) is 11.3 Å². The number of nitrogens with zero attached hydrogens (tertiary/aromatic N) is 3. The predicted octanol–water partition coefficient (Wildman–Crippen LogP) is 5.40. The summed E-state index contributed by atoms with van der Waals surface area (Å²) in [6.45, 7) is 1.42. The number of nitro groups is 1. The number of non-ortho nitro benzene ring substituents is 1. The van der Waals surface area contributed by atoms with Gasteiger partial charge in [-0.25, -0.2) is 0 Å². The number of carbonyl (C=O) groups is 1. The summed E-state index contributed by atoms with van der Waals surface area (Å²) in [6, 6.07) is 18.1. The smallest absolute Gasteiger partial charge is 0.273 e. The van der Waals surface area contributed by atoms with Gasteiger partial charge in [-0.15, -0.1) is 0 Å². The van der Waals surface area contributed by atoms with E-state index in [2.05, 4.69) is 15.6 Å². The maximum absolute atomic E-state index is 11.9. The van der Waals surface area contributed by atoms with Gasteiger partial charge in [-0.1, -0.05) is 6.07 Å². The standard InChI is InChI=1S/C28H25N5O6S/c1-16(34)30-21-14-17(8-10-23(21)37-2)32-27(26(31-28(32)40)20-6-4-5-13-29-20)24-12-11-22(39-24)19-9-7-18(33(35)36)15-25(19)38-3/h4-15,26-27H,1-3H3,(H,30,34)(H,31,40)/t26-,27-/m1/s1. The fraction of sp³-hybridized carbons (Fsp3) is 0.179. The predicted molar refractivity (Wildman–Crippen MR) is 153 cm³/mol. The van der Waals surface area contributed by atoms with Crippen LogP contribution in [0, 0.1) is 10.1 Å². The van der Waals surface area contributed by atoms with Crippen LogP contribution in [-0.4, -0.2) is 35.1 Å². The first kappa shape index (κ1) is 26.6. The number of pyridine rings is 1. The molecule has 4 aromatic rings. The van der Waals surface area contributed by atoms with E-state index in [1.807, 2.05) is 35.2 Å². The van der Waals surface area contributed by atoms with Gasteiger partial charge in [0.25, 0.3) is 5.69 Å². The molecule has 0 spiro atoms. The van der Waals surface area contributed by atoms with Gasteiger partial charge in [-0.3, -0.25) is 19.9 Å². The summed E-state index contributed by atoms with van der Waals surface area (Å²) in [4.78, 5) is 29.1. The van der Waals surface area contributed by atoms with Crippen molar-refractivity contribution in [2.75, 3.05) is 24.4 Å². The molecule has 0 bridgehead atoms. The van der Waals surface area contributed by atoms with E-state index in [0.717, 1.165) is 5.69 Å². The van der Waals surface area contributed by atoms with Gasteiger partial charge in [0.05, 0.1) is 48.2 Å². The largest absolute Gasteiger partial charge is 0.496 e. The van der Waals surface area contributed by atoms with E-state index >= 15 is 0 Å². The van der Waals surface area contributed by atoms with Crippen molar-refractivity contribution >= 4 is 40.3 Å². The summed E-state index contributed by atoms with van der Waals surface area (Å²) in [6.07, 6.45) is 1.71. The van der Waals surface area contributed by atoms with Crippen molar-refractivity contribution in [3.05, 3.63) is 94.5 Å². The minimum atomic E-state index is -0.482. The summed E-state index contributed by atoms with van der Waals surface area (Å²) >= 11 is 5.79. The van der Waals surface area contributed by atoms with E-state index in [9.17, 15) is 14.9 Å². The third-order valence-electron chi connectivity index (χ3n) is 6.45. The molecular formula is C28H25N5O6S. The van der Waals surface area contributed by atoms with Crippen molar-refractivity contribution in [2.24, 2.45) is 0 Å². The first-order valence-corrected chi connectivity index (χ1v) is 12.6. The Morgan fingerprint density at radius 1 is 1.10 bits per heavy atom. The number of nitro benzene ring substituents is 1. The number of thiocarbonyl (C=S) groups is 1. The van der Waals surface area contributed by atoms with Crippen LogP contribution >= 0.6 is 12.2 Å². The van der Waals surface area contributed by atoms with Crippen molar-refractivity contribution in [3.63, 3.8) is 0 Å². The van der Waals surface area contributed by atoms with Crippen molar-refractivity contribution in [2.45, 2.75) is 19.0 Å². The van der Waals surface area contributed by atoms with Crippen molar-refractivity contribution in [1.82, 2.24) is 10.3 Å². The zero-order valence-corrected chi connectivity index (χ0v) is 22.6. The van der Waals surface area contributed by atoms with E-state index in [1.165, 1.54) is 33.3 Å². The van der Waals surface area contributed by atoms with Gasteiger partial charge in [0.2, 0.25) is 5.91 Å². The monoisotopic (exact) mass is 559 g/mol. The number of rotatable bonds is 8. The minimum Gasteiger partial charge on any atom is -0.496 e. The Labute approximate surface area is 234 Å². The van der Waals surface area contributed by atoms with Gasteiger partial charge in [0.1, 0.15) is 29.1 Å². The number of furan rings is 1. The second-order valence-electron chi connectivity index (χ2n) is 8.91. The van der Waals surface area contributed by atoms with E-state index in [1.54, 1.807) is 30.5 Å². The molecule has 1 aliphatic heterocycles. The normalized spacial score (nSPS) is 16.4. The number of carbonyl (C=O) groups excluding carboxylic acids is 1. The number of ether oxygens (including phenoxy) is 2. The summed E-state index contributed by atoms with van der Waals surface area (Å²) in [5.74, 6) is 1.60. The maximum Gasteiger partial charge on any atom is 0.273 e. The van der Waals surface area contributed by atoms with Crippen LogP contribution in [0.3, 0.4) is 0 Å². The molecule has 40 heavy (non-hydrogen) atoms. The summed E-state index contributed by atoms with van der Waals surface area (Å²) in [5.41, 5.74) is 2.40. The fourth-order valence-electron chi connectivity index (χ4n) is 4.71. The number of aromatic nitrogens is 1. The highest BCUT2D eigenvalue weighted by Crippen LogP contribution is 2.45. The Kier molecular flexibility index (Phi) is 7.34. The molecule has 2 N–H and O–H groups in total. The zero-order valence-electron chi connectivity index (χ0n) is 21.8. The summed E-state index contributed by atoms with van der Waals surface area (Å²) in [7, 11) is 2.97. The van der Waals surface area contributed by atoms with Gasteiger partial charge in [0, 0.05) is 24.9 Å². The van der Waals surface area contributed by atoms with Crippen molar-refractivity contribution in [3.8, 4) is 22.8 Å². The van der Waals surface area contributed by atoms with Crippen LogP contribution in [0.5, 0.6) is 11.5 Å². The van der Waals surface area contributed by atoms with Gasteiger partial charge >= 0.3 is 0 Å². The van der Waals surface area contributed by atoms with Crippen LogP contribution in [-0.2, 0) is 4.79 Å². The minimum absolute atomic E-state index is 0.0893. The topological polar surface area (TPSA) is 132 Å². The van der Waals surface area contributed by atoms with Gasteiger partial charge in [-0.2, -0.15) is 0 Å². The number of hydrogen-bond acceptors (Lipinski definition) is 8. The Balaban J connectivity index is 1.61. The number of methoxy groups -OCH3 is 2. The van der Waals surface area contributed by atoms with E-state index < -0.39 is 11.0 Å². The number of hydrogen-bond donors (Lipinski definition) is 2. The number of benzene rings is 2. The van der Waals surface area contributed by atoms with E-state index in [0.29, 0.717) is 45.1 Å². The Bertz CT molecular complexity index is 1590. The van der Waals surface area contributed by atoms with E-state index in [-0.39, 0.29) is 17.6 Å². The number of nitrogens with one attached hydrogen (secondary N) is 2. The fourth-order valence-corrected chi connectivity index (χ4v) is 5.05. The molecule has 1 saturated heterocycles. The molecule has 1 aliphatic rings. The lowest BCUT2D eigenvalue weighted by Gasteiger charge is -2.27. The van der Waals surface area contributed by atoms with Crippen LogP contribution in [0.4, 0.5) is 17.1 Å². The SMILES string of the molecule is COc1ccc(N2C(=S)N[C@H](c3ccccn3)[C@H]2c2ccc(-c3ccc([N+](=O)[O-])cc3OC)o2)cc1NC(C)=O. The zero-order chi connectivity index (χ0) is 28.4. The molecule has 1 fully saturated rings. The van der Waals surface area contributed by atoms with Gasteiger partial charge in [0.15, 0.2) is 5.11 Å². The van der Waals surface area contributed by atoms with Crippen molar-refractivity contribution < 1.29 is 23.6 Å². The highest BCUT2D eigenvalue weighted by Gasteiger charge is 2.43. The second-order valence-corrected chi connectivity index (χ2v) is 9.29. The van der Waals surface area contributed by atoms with Gasteiger partial charge in [-0.05, 0) is 60.7 Å². The second kappa shape index (κ2) is 11.0. The average Bonchev–Trinajstić information content (AvgIpc) is 3.57. The molecule has 12 heteroatoms. The Hall–Kier alpha value is -4.97. The molecule has 0 radical (unpaired) electrons. The van der Waals surface area contributed by atoms with Crippen molar-refractivity contribution in [1.29, 1.82) is 0 Å². The molecule has 0 unspecified atom stereocenters. The molecule has 204 valence electrons. The van der Waals surface area contributed by atoms with Crippen LogP contribution in [0.2, 0.25) is 0 Å². The molecule has 0 aliphatic carbocycles. The lowest BCUT2D eigenvalue weighted by molar-refractivity contribution is -0.384. The molecule has 11 nitrogen and oxygen atoms in total. The quantitative estimate of drug-likeness (QED) is 0.164. The lowest BCUT2D eigenvalue weighted by Crippen LogP contribution is -2.29. The third-order valence-corrected chi connectivity index (χ3v) is 6.76. The van der Waals surface area contributed by atoms with Crippen LogP contribution in [0.15, 0.2) is 77.3 Å². The number of anilines is 2. The molecule has 3 heterocycles. The summed E-state index contributed by atoms with van der Waals surface area (Å²) in [5, 5.41) is 17.9. The van der Waals surface area contributed by atoms with Crippen LogP contribution < -0.4 is 25.0 Å². The molecular weight excluding hydrogens is 534 g/mol. The molecule has 2 atom stereocenters. The molecule has 5 rings (SSSR count). The van der Waals surface area contributed by atoms with Crippen LogP contribution in [0.1, 0.15) is 30.5 Å². The highest BCUT2D eigenvalue weighted by atomic mass is 32.1. The van der Waals surface area contributed by atoms with E-state index in [4.69, 9.17) is 26.1 Å². The molecule has 1 amide bonds. The first-order chi connectivity index (χ1) is 19.3. The third kappa shape index (κ3) is 5.04.